The number of anilines is 1. The topological polar surface area (TPSA) is 42.0 Å². The molecule has 0 spiro atoms. The number of aromatic nitrogens is 1. The van der Waals surface area contributed by atoms with Crippen LogP contribution >= 0.6 is 0 Å². The Labute approximate surface area is 147 Å². The molecular formula is C19H25FN2OSn. The van der Waals surface area contributed by atoms with Crippen molar-refractivity contribution in [3.8, 4) is 11.1 Å². The quantitative estimate of drug-likeness (QED) is 0.726. The molecule has 0 fully saturated rings. The summed E-state index contributed by atoms with van der Waals surface area (Å²) in [6, 6.07) is 9.00. The zero-order valence-corrected chi connectivity index (χ0v) is 18.1. The SMILES string of the molecule is CC(C)(C)C(=O)Nc1ccccc1-c1ccn[c]([Sn]([CH3])([CH3])[CH3])c1F. The fourth-order valence-corrected chi connectivity index (χ4v) is 5.89. The maximum absolute atomic E-state index is 15.1. The molecule has 1 heterocycles. The number of pyridine rings is 1. The van der Waals surface area contributed by atoms with Crippen molar-refractivity contribution in [1.29, 1.82) is 0 Å². The number of amides is 1. The molecule has 1 aromatic carbocycles. The number of nitrogens with zero attached hydrogens (tertiary/aromatic N) is 1. The van der Waals surface area contributed by atoms with Crippen LogP contribution in [0, 0.1) is 11.2 Å². The third-order valence-electron chi connectivity index (χ3n) is 3.75. The van der Waals surface area contributed by atoms with Crippen LogP contribution in [0.3, 0.4) is 0 Å². The van der Waals surface area contributed by atoms with Crippen LogP contribution in [0.15, 0.2) is 36.5 Å². The number of hydrogen-bond acceptors (Lipinski definition) is 2. The van der Waals surface area contributed by atoms with Crippen molar-refractivity contribution < 1.29 is 9.18 Å². The van der Waals surface area contributed by atoms with E-state index in [1.165, 1.54) is 0 Å². The molecule has 0 aliphatic carbocycles. The number of rotatable bonds is 3. The molecule has 1 aromatic heterocycles. The molecule has 0 radical (unpaired) electrons. The summed E-state index contributed by atoms with van der Waals surface area (Å²) in [6.45, 7) is 5.55. The summed E-state index contributed by atoms with van der Waals surface area (Å²) in [5.74, 6) is -0.349. The normalized spacial score (nSPS) is 12.1. The average molecular weight is 435 g/mol. The molecule has 3 nitrogen and oxygen atoms in total. The molecule has 2 rings (SSSR count). The number of carbonyl (C=O) groups is 1. The van der Waals surface area contributed by atoms with E-state index in [2.05, 4.69) is 25.1 Å². The Morgan fingerprint density at radius 2 is 1.71 bits per heavy atom. The molecule has 2 aromatic rings. The van der Waals surface area contributed by atoms with Crippen LogP contribution in [0.1, 0.15) is 20.8 Å². The Morgan fingerprint density at radius 3 is 2.29 bits per heavy atom. The number of halogens is 1. The van der Waals surface area contributed by atoms with Gasteiger partial charge in [-0.25, -0.2) is 0 Å². The van der Waals surface area contributed by atoms with Crippen molar-refractivity contribution in [3.63, 3.8) is 0 Å². The van der Waals surface area contributed by atoms with E-state index in [0.717, 1.165) is 0 Å². The van der Waals surface area contributed by atoms with Gasteiger partial charge in [-0.05, 0) is 0 Å². The summed E-state index contributed by atoms with van der Waals surface area (Å²) in [5, 5.41) is 2.93. The van der Waals surface area contributed by atoms with Crippen LogP contribution < -0.4 is 9.03 Å². The monoisotopic (exact) mass is 436 g/mol. The fraction of sp³-hybridized carbons (Fsp3) is 0.368. The van der Waals surface area contributed by atoms with E-state index in [0.29, 0.717) is 20.5 Å². The molecule has 5 heteroatoms. The molecular weight excluding hydrogens is 410 g/mol. The molecule has 0 aliphatic heterocycles. The molecule has 1 amide bonds. The van der Waals surface area contributed by atoms with Gasteiger partial charge in [-0.1, -0.05) is 0 Å². The van der Waals surface area contributed by atoms with E-state index in [-0.39, 0.29) is 11.7 Å². The van der Waals surface area contributed by atoms with E-state index in [4.69, 9.17) is 0 Å². The van der Waals surface area contributed by atoms with Crippen molar-refractivity contribution >= 4 is 33.7 Å². The summed E-state index contributed by atoms with van der Waals surface area (Å²) in [5.41, 5.74) is 1.29. The van der Waals surface area contributed by atoms with Gasteiger partial charge in [0.1, 0.15) is 0 Å². The Morgan fingerprint density at radius 1 is 1.08 bits per heavy atom. The number of carbonyl (C=O) groups excluding carboxylic acids is 1. The van der Waals surface area contributed by atoms with Crippen LogP contribution in [0.4, 0.5) is 10.1 Å². The van der Waals surface area contributed by atoms with Crippen LogP contribution in [0.2, 0.25) is 14.8 Å². The van der Waals surface area contributed by atoms with E-state index < -0.39 is 23.8 Å². The molecule has 0 aliphatic rings. The molecule has 0 bridgehead atoms. The number of hydrogen-bond donors (Lipinski definition) is 1. The van der Waals surface area contributed by atoms with Gasteiger partial charge in [0.05, 0.1) is 0 Å². The average Bonchev–Trinajstić information content (AvgIpc) is 2.46. The van der Waals surface area contributed by atoms with Gasteiger partial charge in [0.25, 0.3) is 0 Å². The number of nitrogens with one attached hydrogen (secondary N) is 1. The van der Waals surface area contributed by atoms with E-state index in [9.17, 15) is 4.79 Å². The van der Waals surface area contributed by atoms with Crippen LogP contribution in [-0.2, 0) is 4.79 Å². The van der Waals surface area contributed by atoms with Crippen molar-refractivity contribution in [1.82, 2.24) is 4.98 Å². The van der Waals surface area contributed by atoms with E-state index in [1.807, 2.05) is 39.0 Å². The zero-order valence-electron chi connectivity index (χ0n) is 15.2. The van der Waals surface area contributed by atoms with Gasteiger partial charge in [-0.2, -0.15) is 0 Å². The van der Waals surface area contributed by atoms with Gasteiger partial charge in [0.15, 0.2) is 0 Å². The van der Waals surface area contributed by atoms with Crippen molar-refractivity contribution in [2.24, 2.45) is 5.41 Å². The summed E-state index contributed by atoms with van der Waals surface area (Å²) >= 11 is -2.66. The van der Waals surface area contributed by atoms with Crippen LogP contribution in [0.25, 0.3) is 11.1 Å². The number of para-hydroxylation sites is 1. The second-order valence-corrected chi connectivity index (χ2v) is 22.2. The molecule has 24 heavy (non-hydrogen) atoms. The fourth-order valence-electron chi connectivity index (χ4n) is 2.31. The Hall–Kier alpha value is -1.43. The van der Waals surface area contributed by atoms with Gasteiger partial charge in [-0.15, -0.1) is 0 Å². The summed E-state index contributed by atoms with van der Waals surface area (Å²) < 4.78 is 15.7. The molecule has 128 valence electrons. The van der Waals surface area contributed by atoms with Crippen LogP contribution in [0.5, 0.6) is 0 Å². The summed E-state index contributed by atoms with van der Waals surface area (Å²) in [4.78, 5) is 23.0. The standard InChI is InChI=1S/C16H16FN2O.3CH3.Sn/c1-16(2,3)15(20)19-14-7-5-4-6-12(14)11-8-9-18-10-13(11)17;;;;/h4-9H,1-3H3,(H,19,20);3*1H3;. The Balaban J connectivity index is 2.54. The third kappa shape index (κ3) is 4.15. The first-order valence-corrected chi connectivity index (χ1v) is 18.1. The summed E-state index contributed by atoms with van der Waals surface area (Å²) in [7, 11) is 0. The van der Waals surface area contributed by atoms with Gasteiger partial charge in [-0.3, -0.25) is 0 Å². The van der Waals surface area contributed by atoms with E-state index in [1.54, 1.807) is 18.3 Å². The van der Waals surface area contributed by atoms with Crippen molar-refractivity contribution in [2.45, 2.75) is 35.6 Å². The first kappa shape index (κ1) is 18.9. The second-order valence-electron chi connectivity index (χ2n) is 8.02. The zero-order chi connectivity index (χ0) is 18.1. The first-order valence-electron chi connectivity index (χ1n) is 8.07. The third-order valence-corrected chi connectivity index (χ3v) is 8.80. The molecule has 1 N–H and O–H groups in total. The predicted molar refractivity (Wildman–Crippen MR) is 101 cm³/mol. The van der Waals surface area contributed by atoms with Gasteiger partial charge < -0.3 is 0 Å². The second kappa shape index (κ2) is 6.82. The van der Waals surface area contributed by atoms with Crippen molar-refractivity contribution in [2.75, 3.05) is 5.32 Å². The predicted octanol–water partition coefficient (Wildman–Crippen LogP) is 4.42. The van der Waals surface area contributed by atoms with Gasteiger partial charge in [0.2, 0.25) is 0 Å². The van der Waals surface area contributed by atoms with Crippen molar-refractivity contribution in [3.05, 3.63) is 42.3 Å². The molecule has 0 atom stereocenters. The summed E-state index contributed by atoms with van der Waals surface area (Å²) in [6.07, 6.45) is 1.66. The molecule has 0 saturated heterocycles. The van der Waals surface area contributed by atoms with Gasteiger partial charge >= 0.3 is 148 Å². The minimum absolute atomic E-state index is 0.0976. The van der Waals surface area contributed by atoms with E-state index >= 15 is 4.39 Å². The minimum atomic E-state index is -2.66. The maximum atomic E-state index is 15.1. The number of benzene rings is 1. The van der Waals surface area contributed by atoms with Gasteiger partial charge in [0, 0.05) is 0 Å². The first-order chi connectivity index (χ1) is 11.0. The molecule has 0 unspecified atom stereocenters. The Kier molecular flexibility index (Phi) is 5.37. The molecule has 0 saturated carbocycles. The van der Waals surface area contributed by atoms with Crippen LogP contribution in [-0.4, -0.2) is 29.3 Å². The Bertz CT molecular complexity index is 761.